The number of rotatable bonds is 5. The summed E-state index contributed by atoms with van der Waals surface area (Å²) in [6.07, 6.45) is 0. The van der Waals surface area contributed by atoms with E-state index >= 15 is 0 Å². The third-order valence-corrected chi connectivity index (χ3v) is 4.56. The Morgan fingerprint density at radius 3 is 2.23 bits per heavy atom. The van der Waals surface area contributed by atoms with E-state index in [0.29, 0.717) is 22.8 Å². The summed E-state index contributed by atoms with van der Waals surface area (Å²) >= 11 is 0. The zero-order valence-electron chi connectivity index (χ0n) is 16.7. The van der Waals surface area contributed by atoms with Gasteiger partial charge in [0.15, 0.2) is 5.82 Å². The first-order valence-electron chi connectivity index (χ1n) is 9.65. The molecule has 2 aromatic carbocycles. The first-order valence-corrected chi connectivity index (χ1v) is 9.65. The van der Waals surface area contributed by atoms with E-state index in [-0.39, 0.29) is 17.5 Å². The predicted octanol–water partition coefficient (Wildman–Crippen LogP) is 3.93. The molecule has 0 aliphatic rings. The standard InChI is InChI=1S/C23H21N5O2/c1-16(2)27-22(29)14-13-19(25-27)20-15-21(24-23(30)17-9-5-3-6-10-17)26-28(20)18-11-7-4-8-12-18/h3-16H,1-2H3,(H,24,26,30). The van der Waals surface area contributed by atoms with Gasteiger partial charge in [0.1, 0.15) is 5.69 Å². The van der Waals surface area contributed by atoms with Crippen molar-refractivity contribution in [1.29, 1.82) is 0 Å². The lowest BCUT2D eigenvalue weighted by atomic mass is 10.2. The van der Waals surface area contributed by atoms with Gasteiger partial charge in [0, 0.05) is 17.7 Å². The van der Waals surface area contributed by atoms with Crippen molar-refractivity contribution >= 4 is 11.7 Å². The van der Waals surface area contributed by atoms with Crippen LogP contribution < -0.4 is 10.9 Å². The van der Waals surface area contributed by atoms with Gasteiger partial charge in [-0.1, -0.05) is 36.4 Å². The van der Waals surface area contributed by atoms with Crippen LogP contribution in [0, 0.1) is 0 Å². The quantitative estimate of drug-likeness (QED) is 0.551. The van der Waals surface area contributed by atoms with Crippen molar-refractivity contribution in [3.05, 3.63) is 94.8 Å². The third kappa shape index (κ3) is 3.91. The van der Waals surface area contributed by atoms with Crippen molar-refractivity contribution in [2.24, 2.45) is 0 Å². The molecule has 0 radical (unpaired) electrons. The van der Waals surface area contributed by atoms with Gasteiger partial charge >= 0.3 is 0 Å². The van der Waals surface area contributed by atoms with E-state index in [1.54, 1.807) is 28.9 Å². The Hall–Kier alpha value is -4.00. The Labute approximate surface area is 173 Å². The number of nitrogens with one attached hydrogen (secondary N) is 1. The molecule has 4 rings (SSSR count). The highest BCUT2D eigenvalue weighted by Gasteiger charge is 2.16. The number of nitrogens with zero attached hydrogens (tertiary/aromatic N) is 4. The first-order chi connectivity index (χ1) is 14.5. The maximum Gasteiger partial charge on any atom is 0.267 e. The van der Waals surface area contributed by atoms with Crippen molar-refractivity contribution in [3.63, 3.8) is 0 Å². The molecule has 2 heterocycles. The van der Waals surface area contributed by atoms with E-state index in [2.05, 4.69) is 15.5 Å². The molecule has 2 aromatic heterocycles. The molecule has 7 nitrogen and oxygen atoms in total. The predicted molar refractivity (Wildman–Crippen MR) is 116 cm³/mol. The van der Waals surface area contributed by atoms with Gasteiger partial charge in [-0.2, -0.15) is 5.10 Å². The van der Waals surface area contributed by atoms with Crippen LogP contribution in [0.4, 0.5) is 5.82 Å². The molecule has 150 valence electrons. The molecule has 0 bridgehead atoms. The second-order valence-electron chi connectivity index (χ2n) is 7.08. The molecule has 30 heavy (non-hydrogen) atoms. The average molecular weight is 399 g/mol. The van der Waals surface area contributed by atoms with Crippen LogP contribution in [0.25, 0.3) is 17.1 Å². The summed E-state index contributed by atoms with van der Waals surface area (Å²) in [5.41, 5.74) is 2.44. The summed E-state index contributed by atoms with van der Waals surface area (Å²) in [4.78, 5) is 24.7. The molecular weight excluding hydrogens is 378 g/mol. The summed E-state index contributed by atoms with van der Waals surface area (Å²) in [6.45, 7) is 3.80. The molecule has 4 aromatic rings. The average Bonchev–Trinajstić information content (AvgIpc) is 3.19. The minimum atomic E-state index is -0.250. The largest absolute Gasteiger partial charge is 0.305 e. The van der Waals surface area contributed by atoms with E-state index in [9.17, 15) is 9.59 Å². The Morgan fingerprint density at radius 2 is 1.57 bits per heavy atom. The van der Waals surface area contributed by atoms with Gasteiger partial charge in [0.25, 0.3) is 11.5 Å². The second-order valence-corrected chi connectivity index (χ2v) is 7.08. The fourth-order valence-electron chi connectivity index (χ4n) is 3.10. The van der Waals surface area contributed by atoms with E-state index in [1.165, 1.54) is 10.7 Å². The summed E-state index contributed by atoms with van der Waals surface area (Å²) in [7, 11) is 0. The van der Waals surface area contributed by atoms with Crippen LogP contribution in [-0.4, -0.2) is 25.5 Å². The number of amides is 1. The highest BCUT2D eigenvalue weighted by Crippen LogP contribution is 2.24. The van der Waals surface area contributed by atoms with Crippen molar-refractivity contribution in [2.75, 3.05) is 5.32 Å². The summed E-state index contributed by atoms with van der Waals surface area (Å²) in [5, 5.41) is 11.9. The zero-order chi connectivity index (χ0) is 21.1. The summed E-state index contributed by atoms with van der Waals surface area (Å²) in [5.74, 6) is 0.145. The lowest BCUT2D eigenvalue weighted by molar-refractivity contribution is 0.102. The number of hydrogen-bond acceptors (Lipinski definition) is 4. The van der Waals surface area contributed by atoms with Gasteiger partial charge in [-0.3, -0.25) is 9.59 Å². The number of anilines is 1. The van der Waals surface area contributed by atoms with Gasteiger partial charge in [-0.15, -0.1) is 5.10 Å². The highest BCUT2D eigenvalue weighted by atomic mass is 16.1. The number of hydrogen-bond donors (Lipinski definition) is 1. The Morgan fingerprint density at radius 1 is 0.900 bits per heavy atom. The Balaban J connectivity index is 1.79. The van der Waals surface area contributed by atoms with Crippen LogP contribution in [-0.2, 0) is 0 Å². The van der Waals surface area contributed by atoms with Gasteiger partial charge in [-0.25, -0.2) is 9.36 Å². The van der Waals surface area contributed by atoms with Crippen LogP contribution in [0.5, 0.6) is 0 Å². The molecule has 0 fully saturated rings. The molecule has 1 amide bonds. The van der Waals surface area contributed by atoms with Crippen molar-refractivity contribution in [2.45, 2.75) is 19.9 Å². The number of carbonyl (C=O) groups is 1. The normalized spacial score (nSPS) is 10.9. The van der Waals surface area contributed by atoms with E-state index < -0.39 is 0 Å². The molecule has 7 heteroatoms. The van der Waals surface area contributed by atoms with Crippen LogP contribution in [0.1, 0.15) is 30.2 Å². The van der Waals surface area contributed by atoms with Gasteiger partial charge in [0.2, 0.25) is 0 Å². The summed E-state index contributed by atoms with van der Waals surface area (Å²) in [6, 6.07) is 23.4. The first kappa shape index (κ1) is 19.3. The topological polar surface area (TPSA) is 81.8 Å². The minimum Gasteiger partial charge on any atom is -0.305 e. The van der Waals surface area contributed by atoms with Crippen LogP contribution in [0.2, 0.25) is 0 Å². The number of carbonyl (C=O) groups excluding carboxylic acids is 1. The number of benzene rings is 2. The molecule has 1 N–H and O–H groups in total. The van der Waals surface area contributed by atoms with Crippen LogP contribution in [0.3, 0.4) is 0 Å². The molecule has 0 aliphatic heterocycles. The molecule has 0 atom stereocenters. The molecule has 0 saturated heterocycles. The van der Waals surface area contributed by atoms with Crippen LogP contribution in [0.15, 0.2) is 83.7 Å². The summed E-state index contributed by atoms with van der Waals surface area (Å²) < 4.78 is 3.14. The maximum absolute atomic E-state index is 12.6. The zero-order valence-corrected chi connectivity index (χ0v) is 16.7. The molecule has 0 aliphatic carbocycles. The Bertz CT molecular complexity index is 1230. The number of aromatic nitrogens is 4. The van der Waals surface area contributed by atoms with Gasteiger partial charge < -0.3 is 5.32 Å². The van der Waals surface area contributed by atoms with Gasteiger partial charge in [-0.05, 0) is 44.2 Å². The maximum atomic E-state index is 12.6. The lowest BCUT2D eigenvalue weighted by Gasteiger charge is -2.11. The van der Waals surface area contributed by atoms with Crippen molar-refractivity contribution in [1.82, 2.24) is 19.6 Å². The van der Waals surface area contributed by atoms with Crippen LogP contribution >= 0.6 is 0 Å². The lowest BCUT2D eigenvalue weighted by Crippen LogP contribution is -2.24. The highest BCUT2D eigenvalue weighted by molar-refractivity contribution is 6.03. The fourth-order valence-corrected chi connectivity index (χ4v) is 3.10. The van der Waals surface area contributed by atoms with Gasteiger partial charge in [0.05, 0.1) is 17.4 Å². The third-order valence-electron chi connectivity index (χ3n) is 4.56. The minimum absolute atomic E-state index is 0.0807. The fraction of sp³-hybridized carbons (Fsp3) is 0.130. The van der Waals surface area contributed by atoms with E-state index in [0.717, 1.165) is 5.69 Å². The van der Waals surface area contributed by atoms with Crippen molar-refractivity contribution < 1.29 is 4.79 Å². The monoisotopic (exact) mass is 399 g/mol. The molecule has 0 unspecified atom stereocenters. The van der Waals surface area contributed by atoms with Crippen molar-refractivity contribution in [3.8, 4) is 17.1 Å². The number of para-hydroxylation sites is 1. The second kappa shape index (κ2) is 8.16. The molecular formula is C23H21N5O2. The Kier molecular flexibility index (Phi) is 5.26. The smallest absolute Gasteiger partial charge is 0.267 e. The molecule has 0 spiro atoms. The SMILES string of the molecule is CC(C)n1nc(-c2cc(NC(=O)c3ccccc3)nn2-c2ccccc2)ccc1=O. The molecule has 0 saturated carbocycles. The van der Waals surface area contributed by atoms with E-state index in [1.807, 2.05) is 62.4 Å². The van der Waals surface area contributed by atoms with E-state index in [4.69, 9.17) is 0 Å².